The largest absolute Gasteiger partial charge is 0.307 e. The van der Waals surface area contributed by atoms with Gasteiger partial charge in [-0.1, -0.05) is 37.3 Å². The van der Waals surface area contributed by atoms with Crippen molar-refractivity contribution in [3.05, 3.63) is 68.3 Å². The Balaban J connectivity index is 2.42. The average Bonchev–Trinajstić information content (AvgIpc) is 2.39. The van der Waals surface area contributed by atoms with Crippen LogP contribution in [0.5, 0.6) is 0 Å². The molecule has 0 radical (unpaired) electrons. The van der Waals surface area contributed by atoms with Crippen molar-refractivity contribution < 1.29 is 0 Å². The summed E-state index contributed by atoms with van der Waals surface area (Å²) in [6.07, 6.45) is 0. The van der Waals surface area contributed by atoms with Gasteiger partial charge in [-0.3, -0.25) is 0 Å². The zero-order valence-electron chi connectivity index (χ0n) is 11.7. The second-order valence-electron chi connectivity index (χ2n) is 4.89. The Hall–Kier alpha value is -0.870. The van der Waals surface area contributed by atoms with Gasteiger partial charge in [-0.15, -0.1) is 0 Å². The van der Waals surface area contributed by atoms with Gasteiger partial charge in [0.1, 0.15) is 0 Å². The zero-order valence-corrected chi connectivity index (χ0v) is 13.9. The second-order valence-corrected chi connectivity index (χ2v) is 6.14. The Bertz CT molecular complexity index is 563. The lowest BCUT2D eigenvalue weighted by atomic mass is 9.95. The first-order valence-electron chi connectivity index (χ1n) is 6.68. The van der Waals surface area contributed by atoms with Crippen LogP contribution in [0.3, 0.4) is 0 Å². The molecule has 1 unspecified atom stereocenters. The van der Waals surface area contributed by atoms with E-state index in [1.807, 2.05) is 0 Å². The van der Waals surface area contributed by atoms with Gasteiger partial charge in [0.2, 0.25) is 0 Å². The molecule has 2 aromatic rings. The highest BCUT2D eigenvalue weighted by Crippen LogP contribution is 2.25. The van der Waals surface area contributed by atoms with Crippen molar-refractivity contribution in [1.29, 1.82) is 0 Å². The van der Waals surface area contributed by atoms with Crippen LogP contribution in [-0.2, 0) is 0 Å². The van der Waals surface area contributed by atoms with Crippen LogP contribution in [0.1, 0.15) is 35.2 Å². The van der Waals surface area contributed by atoms with Crippen molar-refractivity contribution in [3.8, 4) is 0 Å². The number of nitrogens with one attached hydrogen (secondary N) is 1. The van der Waals surface area contributed by atoms with Gasteiger partial charge >= 0.3 is 0 Å². The normalized spacial score (nSPS) is 12.4. The van der Waals surface area contributed by atoms with Crippen molar-refractivity contribution >= 4 is 22.6 Å². The number of hydrogen-bond acceptors (Lipinski definition) is 1. The topological polar surface area (TPSA) is 12.0 Å². The predicted molar refractivity (Wildman–Crippen MR) is 90.6 cm³/mol. The van der Waals surface area contributed by atoms with Crippen molar-refractivity contribution in [3.63, 3.8) is 0 Å². The van der Waals surface area contributed by atoms with Crippen LogP contribution >= 0.6 is 22.6 Å². The lowest BCUT2D eigenvalue weighted by Gasteiger charge is -2.20. The summed E-state index contributed by atoms with van der Waals surface area (Å²) in [5, 5.41) is 3.59. The van der Waals surface area contributed by atoms with Crippen LogP contribution in [0.25, 0.3) is 0 Å². The third-order valence-electron chi connectivity index (χ3n) is 3.45. The smallest absolute Gasteiger partial charge is 0.0577 e. The van der Waals surface area contributed by atoms with E-state index >= 15 is 0 Å². The fraction of sp³-hybridized carbons (Fsp3) is 0.294. The van der Waals surface area contributed by atoms with Crippen LogP contribution in [0.2, 0.25) is 0 Å². The fourth-order valence-corrected chi connectivity index (χ4v) is 2.83. The molecule has 0 amide bonds. The first kappa shape index (κ1) is 14.5. The minimum atomic E-state index is 0.277. The van der Waals surface area contributed by atoms with E-state index in [9.17, 15) is 0 Å². The van der Waals surface area contributed by atoms with Gasteiger partial charge in [0.25, 0.3) is 0 Å². The number of rotatable bonds is 4. The van der Waals surface area contributed by atoms with E-state index in [1.54, 1.807) is 0 Å². The summed E-state index contributed by atoms with van der Waals surface area (Å²) in [7, 11) is 0. The molecule has 0 aromatic heterocycles. The van der Waals surface area contributed by atoms with E-state index in [-0.39, 0.29) is 6.04 Å². The Morgan fingerprint density at radius 3 is 2.37 bits per heavy atom. The maximum absolute atomic E-state index is 3.59. The summed E-state index contributed by atoms with van der Waals surface area (Å²) in [6, 6.07) is 15.7. The van der Waals surface area contributed by atoms with Gasteiger partial charge in [0.05, 0.1) is 6.04 Å². The molecule has 2 heteroatoms. The molecule has 0 aliphatic carbocycles. The molecule has 100 valence electrons. The fourth-order valence-electron chi connectivity index (χ4n) is 2.26. The quantitative estimate of drug-likeness (QED) is 0.781. The van der Waals surface area contributed by atoms with Gasteiger partial charge < -0.3 is 5.32 Å². The lowest BCUT2D eigenvalue weighted by Crippen LogP contribution is -2.22. The minimum Gasteiger partial charge on any atom is -0.307 e. The molecule has 0 bridgehead atoms. The average molecular weight is 365 g/mol. The highest BCUT2D eigenvalue weighted by atomic mass is 127. The minimum absolute atomic E-state index is 0.277. The Morgan fingerprint density at radius 1 is 1.00 bits per heavy atom. The zero-order chi connectivity index (χ0) is 13.8. The Labute approximate surface area is 129 Å². The maximum atomic E-state index is 3.59. The lowest BCUT2D eigenvalue weighted by molar-refractivity contribution is 0.630. The molecule has 0 heterocycles. The summed E-state index contributed by atoms with van der Waals surface area (Å²) < 4.78 is 1.28. The molecule has 2 rings (SSSR count). The Kier molecular flexibility index (Phi) is 4.99. The van der Waals surface area contributed by atoms with Crippen molar-refractivity contribution in [2.75, 3.05) is 6.54 Å². The summed E-state index contributed by atoms with van der Waals surface area (Å²) in [5.41, 5.74) is 5.37. The van der Waals surface area contributed by atoms with Crippen molar-refractivity contribution in [2.24, 2.45) is 0 Å². The molecule has 19 heavy (non-hydrogen) atoms. The van der Waals surface area contributed by atoms with Gasteiger partial charge in [0.15, 0.2) is 0 Å². The molecule has 0 saturated carbocycles. The van der Waals surface area contributed by atoms with E-state index < -0.39 is 0 Å². The van der Waals surface area contributed by atoms with E-state index in [4.69, 9.17) is 0 Å². The monoisotopic (exact) mass is 365 g/mol. The SMILES string of the molecule is CCNC(c1cccc(I)c1)c1ccc(C)c(C)c1. The highest BCUT2D eigenvalue weighted by molar-refractivity contribution is 14.1. The molecule has 0 fully saturated rings. The van der Waals surface area contributed by atoms with Crippen LogP contribution in [-0.4, -0.2) is 6.54 Å². The second kappa shape index (κ2) is 6.53. The standard InChI is InChI=1S/C17H20IN/c1-4-19-17(14-6-5-7-16(18)11-14)15-9-8-12(2)13(3)10-15/h5-11,17,19H,4H2,1-3H3. The number of aryl methyl sites for hydroxylation is 2. The molecular weight excluding hydrogens is 345 g/mol. The maximum Gasteiger partial charge on any atom is 0.0577 e. The number of benzene rings is 2. The molecule has 0 aliphatic heterocycles. The van der Waals surface area contributed by atoms with E-state index in [0.29, 0.717) is 0 Å². The summed E-state index contributed by atoms with van der Waals surface area (Å²) >= 11 is 2.37. The van der Waals surface area contributed by atoms with Gasteiger partial charge in [-0.05, 0) is 77.4 Å². The van der Waals surface area contributed by atoms with Gasteiger partial charge in [0, 0.05) is 3.57 Å². The molecule has 2 aromatic carbocycles. The molecule has 0 saturated heterocycles. The van der Waals surface area contributed by atoms with Gasteiger partial charge in [-0.2, -0.15) is 0 Å². The third kappa shape index (κ3) is 3.57. The molecular formula is C17H20IN. The number of halogens is 1. The molecule has 0 aliphatic rings. The first-order valence-corrected chi connectivity index (χ1v) is 7.75. The van der Waals surface area contributed by atoms with Crippen molar-refractivity contribution in [2.45, 2.75) is 26.8 Å². The van der Waals surface area contributed by atoms with E-state index in [0.717, 1.165) is 6.54 Å². The van der Waals surface area contributed by atoms with Crippen LogP contribution < -0.4 is 5.32 Å². The first-order chi connectivity index (χ1) is 9.11. The van der Waals surface area contributed by atoms with E-state index in [1.165, 1.54) is 25.8 Å². The molecule has 0 spiro atoms. The number of hydrogen-bond donors (Lipinski definition) is 1. The summed E-state index contributed by atoms with van der Waals surface area (Å²) in [4.78, 5) is 0. The van der Waals surface area contributed by atoms with Crippen LogP contribution in [0.4, 0.5) is 0 Å². The molecule has 1 atom stereocenters. The van der Waals surface area contributed by atoms with Crippen LogP contribution in [0, 0.1) is 17.4 Å². The Morgan fingerprint density at radius 2 is 1.74 bits per heavy atom. The predicted octanol–water partition coefficient (Wildman–Crippen LogP) is 4.61. The molecule has 1 nitrogen and oxygen atoms in total. The van der Waals surface area contributed by atoms with Crippen molar-refractivity contribution in [1.82, 2.24) is 5.32 Å². The third-order valence-corrected chi connectivity index (χ3v) is 4.13. The molecule has 1 N–H and O–H groups in total. The highest BCUT2D eigenvalue weighted by Gasteiger charge is 2.13. The summed E-state index contributed by atoms with van der Waals surface area (Å²) in [5.74, 6) is 0. The summed E-state index contributed by atoms with van der Waals surface area (Å²) in [6.45, 7) is 7.45. The van der Waals surface area contributed by atoms with Gasteiger partial charge in [-0.25, -0.2) is 0 Å². The van der Waals surface area contributed by atoms with Crippen LogP contribution in [0.15, 0.2) is 42.5 Å². The van der Waals surface area contributed by atoms with E-state index in [2.05, 4.69) is 91.1 Å².